The molecule has 2 rings (SSSR count). The highest BCUT2D eigenvalue weighted by molar-refractivity contribution is 7.87. The van der Waals surface area contributed by atoms with Gasteiger partial charge >= 0.3 is 0 Å². The Morgan fingerprint density at radius 2 is 1.81 bits per heavy atom. The predicted octanol–water partition coefficient (Wildman–Crippen LogP) is 1.86. The summed E-state index contributed by atoms with van der Waals surface area (Å²) >= 11 is 0. The summed E-state index contributed by atoms with van der Waals surface area (Å²) in [5.41, 5.74) is 0. The summed E-state index contributed by atoms with van der Waals surface area (Å²) in [6.45, 7) is 3.57. The van der Waals surface area contributed by atoms with Crippen molar-refractivity contribution in [3.05, 3.63) is 0 Å². The Kier molecular flexibility index (Phi) is 6.47. The largest absolute Gasteiger partial charge is 0.318 e. The fourth-order valence-corrected chi connectivity index (χ4v) is 5.61. The summed E-state index contributed by atoms with van der Waals surface area (Å²) in [7, 11) is -1.46. The van der Waals surface area contributed by atoms with Gasteiger partial charge in [-0.05, 0) is 38.6 Å². The topological polar surface area (TPSA) is 61.4 Å². The molecule has 0 amide bonds. The second-order valence-corrected chi connectivity index (χ2v) is 8.16. The van der Waals surface area contributed by atoms with Crippen LogP contribution in [0.25, 0.3) is 0 Å². The van der Waals surface area contributed by atoms with Crippen molar-refractivity contribution < 1.29 is 8.42 Å². The summed E-state index contributed by atoms with van der Waals surface area (Å²) in [5, 5.41) is 3.13. The molecule has 0 bridgehead atoms. The van der Waals surface area contributed by atoms with Gasteiger partial charge < -0.3 is 5.32 Å². The van der Waals surface area contributed by atoms with Gasteiger partial charge in [0.25, 0.3) is 10.2 Å². The highest BCUT2D eigenvalue weighted by atomic mass is 32.2. The molecule has 1 saturated carbocycles. The summed E-state index contributed by atoms with van der Waals surface area (Å²) in [5.74, 6) is 0.501. The highest BCUT2D eigenvalue weighted by Crippen LogP contribution is 2.28. The second-order valence-electron chi connectivity index (χ2n) is 6.50. The SMILES string of the molecule is CCC1CCCCC1NS(=O)(=O)N1CCCCC1CNC. The van der Waals surface area contributed by atoms with Crippen LogP contribution >= 0.6 is 0 Å². The number of nitrogens with one attached hydrogen (secondary N) is 2. The monoisotopic (exact) mass is 317 g/mol. The molecule has 1 saturated heterocycles. The zero-order valence-corrected chi connectivity index (χ0v) is 14.3. The van der Waals surface area contributed by atoms with Crippen molar-refractivity contribution in [3.8, 4) is 0 Å². The molecule has 0 radical (unpaired) electrons. The lowest BCUT2D eigenvalue weighted by molar-refractivity contribution is 0.233. The standard InChI is InChI=1S/C15H31N3O2S/c1-3-13-8-4-5-10-15(13)17-21(19,20)18-11-7-6-9-14(18)12-16-2/h13-17H,3-12H2,1-2H3. The van der Waals surface area contributed by atoms with Gasteiger partial charge in [0.15, 0.2) is 0 Å². The van der Waals surface area contributed by atoms with Crippen LogP contribution in [0.3, 0.4) is 0 Å². The Bertz CT molecular complexity index is 411. The van der Waals surface area contributed by atoms with E-state index < -0.39 is 10.2 Å². The molecule has 3 unspecified atom stereocenters. The molecule has 5 nitrogen and oxygen atoms in total. The van der Waals surface area contributed by atoms with Crippen molar-refractivity contribution in [2.75, 3.05) is 20.1 Å². The number of nitrogens with zero attached hydrogens (tertiary/aromatic N) is 1. The number of hydrogen-bond acceptors (Lipinski definition) is 3. The summed E-state index contributed by atoms with van der Waals surface area (Å²) in [6, 6.07) is 0.232. The van der Waals surface area contributed by atoms with Gasteiger partial charge in [-0.25, -0.2) is 0 Å². The molecule has 0 aromatic rings. The zero-order valence-electron chi connectivity index (χ0n) is 13.5. The molecular weight excluding hydrogens is 286 g/mol. The molecule has 124 valence electrons. The van der Waals surface area contributed by atoms with Gasteiger partial charge in [-0.3, -0.25) is 0 Å². The number of piperidine rings is 1. The van der Waals surface area contributed by atoms with Crippen molar-refractivity contribution in [2.45, 2.75) is 70.4 Å². The van der Waals surface area contributed by atoms with Crippen molar-refractivity contribution in [1.29, 1.82) is 0 Å². The van der Waals surface area contributed by atoms with Crippen molar-refractivity contribution in [2.24, 2.45) is 5.92 Å². The first-order chi connectivity index (χ1) is 10.1. The third-order valence-corrected chi connectivity index (χ3v) is 6.75. The first kappa shape index (κ1) is 17.2. The van der Waals surface area contributed by atoms with Crippen LogP contribution in [-0.2, 0) is 10.2 Å². The van der Waals surface area contributed by atoms with Crippen molar-refractivity contribution >= 4 is 10.2 Å². The Balaban J connectivity index is 2.05. The summed E-state index contributed by atoms with van der Waals surface area (Å²) < 4.78 is 30.3. The van der Waals surface area contributed by atoms with E-state index in [4.69, 9.17) is 0 Å². The maximum Gasteiger partial charge on any atom is 0.280 e. The molecule has 0 aromatic carbocycles. The molecule has 1 aliphatic heterocycles. The molecule has 6 heteroatoms. The van der Waals surface area contributed by atoms with Crippen molar-refractivity contribution in [1.82, 2.24) is 14.3 Å². The van der Waals surface area contributed by atoms with Crippen LogP contribution in [0, 0.1) is 5.92 Å². The maximum absolute atomic E-state index is 12.8. The lowest BCUT2D eigenvalue weighted by atomic mass is 9.83. The molecule has 0 aromatic heterocycles. The molecule has 1 aliphatic carbocycles. The third kappa shape index (κ3) is 4.41. The number of likely N-dealkylation sites (N-methyl/N-ethyl adjacent to an activating group) is 1. The van der Waals surface area contributed by atoms with Crippen LogP contribution in [0.15, 0.2) is 0 Å². The van der Waals surface area contributed by atoms with Crippen LogP contribution in [0.2, 0.25) is 0 Å². The molecule has 2 aliphatic rings. The lowest BCUT2D eigenvalue weighted by Gasteiger charge is -2.38. The van der Waals surface area contributed by atoms with Crippen LogP contribution in [0.1, 0.15) is 58.3 Å². The van der Waals surface area contributed by atoms with Gasteiger partial charge in [-0.15, -0.1) is 0 Å². The van der Waals surface area contributed by atoms with Gasteiger partial charge in [0.2, 0.25) is 0 Å². The minimum absolute atomic E-state index is 0.102. The minimum atomic E-state index is -3.35. The van der Waals surface area contributed by atoms with E-state index in [1.807, 2.05) is 7.05 Å². The van der Waals surface area contributed by atoms with Crippen LogP contribution in [0.4, 0.5) is 0 Å². The third-order valence-electron chi connectivity index (χ3n) is 5.06. The first-order valence-electron chi connectivity index (χ1n) is 8.52. The predicted molar refractivity (Wildman–Crippen MR) is 86.4 cm³/mol. The molecule has 0 spiro atoms. The van der Waals surface area contributed by atoms with E-state index in [2.05, 4.69) is 17.0 Å². The summed E-state index contributed by atoms with van der Waals surface area (Å²) in [4.78, 5) is 0. The first-order valence-corrected chi connectivity index (χ1v) is 9.96. The average Bonchev–Trinajstić information content (AvgIpc) is 2.48. The van der Waals surface area contributed by atoms with Gasteiger partial charge in [-0.2, -0.15) is 17.4 Å². The smallest absolute Gasteiger partial charge is 0.280 e. The molecule has 21 heavy (non-hydrogen) atoms. The normalized spacial score (nSPS) is 32.2. The fourth-order valence-electron chi connectivity index (χ4n) is 3.84. The molecule has 2 fully saturated rings. The molecular formula is C15H31N3O2S. The van der Waals surface area contributed by atoms with E-state index in [-0.39, 0.29) is 12.1 Å². The van der Waals surface area contributed by atoms with E-state index in [1.165, 1.54) is 6.42 Å². The van der Waals surface area contributed by atoms with E-state index in [9.17, 15) is 8.42 Å². The average molecular weight is 317 g/mol. The van der Waals surface area contributed by atoms with E-state index in [1.54, 1.807) is 4.31 Å². The van der Waals surface area contributed by atoms with E-state index in [0.29, 0.717) is 12.5 Å². The van der Waals surface area contributed by atoms with Gasteiger partial charge in [0.05, 0.1) is 0 Å². The Labute approximate surface area is 130 Å². The second kappa shape index (κ2) is 7.90. The maximum atomic E-state index is 12.8. The quantitative estimate of drug-likeness (QED) is 0.786. The van der Waals surface area contributed by atoms with Gasteiger partial charge in [0, 0.05) is 25.2 Å². The van der Waals surface area contributed by atoms with Gasteiger partial charge in [-0.1, -0.05) is 32.6 Å². The fraction of sp³-hybridized carbons (Fsp3) is 1.00. The van der Waals surface area contributed by atoms with Crippen molar-refractivity contribution in [3.63, 3.8) is 0 Å². The molecule has 1 heterocycles. The minimum Gasteiger partial charge on any atom is -0.318 e. The number of rotatable bonds is 6. The van der Waals surface area contributed by atoms with Gasteiger partial charge in [0.1, 0.15) is 0 Å². The van der Waals surface area contributed by atoms with Crippen LogP contribution < -0.4 is 10.0 Å². The Hall–Kier alpha value is -0.170. The molecule has 3 atom stereocenters. The molecule has 2 N–H and O–H groups in total. The number of hydrogen-bond donors (Lipinski definition) is 2. The van der Waals surface area contributed by atoms with Crippen LogP contribution in [0.5, 0.6) is 0 Å². The Morgan fingerprint density at radius 1 is 1.10 bits per heavy atom. The van der Waals surface area contributed by atoms with Crippen LogP contribution in [-0.4, -0.2) is 44.9 Å². The van der Waals surface area contributed by atoms with E-state index >= 15 is 0 Å². The Morgan fingerprint density at radius 3 is 2.52 bits per heavy atom. The highest BCUT2D eigenvalue weighted by Gasteiger charge is 2.35. The zero-order chi connectivity index (χ0) is 15.3. The van der Waals surface area contributed by atoms with E-state index in [0.717, 1.165) is 51.5 Å². The lowest BCUT2D eigenvalue weighted by Crippen LogP contribution is -2.55. The summed E-state index contributed by atoms with van der Waals surface area (Å²) in [6.07, 6.45) is 8.65.